The zero-order valence-corrected chi connectivity index (χ0v) is 10.2. The Balaban J connectivity index is 4.32. The van der Waals surface area contributed by atoms with Crippen LogP contribution >= 0.6 is 0 Å². The molecule has 14 heavy (non-hydrogen) atoms. The summed E-state index contributed by atoms with van der Waals surface area (Å²) in [5, 5.41) is 0. The van der Waals surface area contributed by atoms with Crippen molar-refractivity contribution in [2.45, 2.75) is 46.6 Å². The maximum absolute atomic E-state index is 12.6. The van der Waals surface area contributed by atoms with Crippen molar-refractivity contribution >= 4 is 0 Å². The van der Waals surface area contributed by atoms with Crippen LogP contribution in [0.3, 0.4) is 0 Å². The van der Waals surface area contributed by atoms with Gasteiger partial charge < -0.3 is 4.90 Å². The Kier molecular flexibility index (Phi) is 6.81. The summed E-state index contributed by atoms with van der Waals surface area (Å²) in [5.74, 6) is 0.554. The van der Waals surface area contributed by atoms with Gasteiger partial charge in [-0.3, -0.25) is 0 Å². The monoisotopic (exact) mass is 201 g/mol. The van der Waals surface area contributed by atoms with Gasteiger partial charge in [-0.25, -0.2) is 4.39 Å². The topological polar surface area (TPSA) is 3.24 Å². The first-order valence-electron chi connectivity index (χ1n) is 5.55. The van der Waals surface area contributed by atoms with Crippen LogP contribution in [0.4, 0.5) is 4.39 Å². The Morgan fingerprint density at radius 2 is 2.00 bits per heavy atom. The van der Waals surface area contributed by atoms with Gasteiger partial charge in [0.25, 0.3) is 0 Å². The second kappa shape index (κ2) is 6.99. The van der Waals surface area contributed by atoms with E-state index in [4.69, 9.17) is 0 Å². The van der Waals surface area contributed by atoms with Crippen LogP contribution < -0.4 is 0 Å². The number of hydrogen-bond donors (Lipinski definition) is 0. The van der Waals surface area contributed by atoms with Crippen molar-refractivity contribution in [3.05, 3.63) is 11.9 Å². The van der Waals surface area contributed by atoms with Gasteiger partial charge in [-0.2, -0.15) is 0 Å². The SMILES string of the molecule is CCC(C)C(C/C=C(/C)F)N(C)CC. The van der Waals surface area contributed by atoms with Crippen molar-refractivity contribution < 1.29 is 4.39 Å². The van der Waals surface area contributed by atoms with Crippen LogP contribution in [-0.4, -0.2) is 24.5 Å². The minimum Gasteiger partial charge on any atom is -0.303 e. The highest BCUT2D eigenvalue weighted by atomic mass is 19.1. The van der Waals surface area contributed by atoms with Crippen molar-refractivity contribution in [2.24, 2.45) is 5.92 Å². The van der Waals surface area contributed by atoms with E-state index in [0.717, 1.165) is 19.4 Å². The zero-order chi connectivity index (χ0) is 11.1. The first kappa shape index (κ1) is 13.6. The Morgan fingerprint density at radius 3 is 2.36 bits per heavy atom. The summed E-state index contributed by atoms with van der Waals surface area (Å²) in [6, 6.07) is 0.468. The van der Waals surface area contributed by atoms with E-state index in [-0.39, 0.29) is 5.83 Å². The van der Waals surface area contributed by atoms with Gasteiger partial charge in [-0.1, -0.05) is 33.3 Å². The van der Waals surface area contributed by atoms with Crippen LogP contribution in [0.25, 0.3) is 0 Å². The van der Waals surface area contributed by atoms with Crippen LogP contribution in [-0.2, 0) is 0 Å². The average molecular weight is 201 g/mol. The van der Waals surface area contributed by atoms with Gasteiger partial charge in [0.1, 0.15) is 0 Å². The maximum Gasteiger partial charge on any atom is 0.0929 e. The molecule has 0 spiro atoms. The molecule has 2 unspecified atom stereocenters. The lowest BCUT2D eigenvalue weighted by molar-refractivity contribution is 0.189. The lowest BCUT2D eigenvalue weighted by Crippen LogP contribution is -2.36. The molecule has 0 fully saturated rings. The van der Waals surface area contributed by atoms with Crippen LogP contribution in [0.1, 0.15) is 40.5 Å². The Bertz CT molecular complexity index is 163. The van der Waals surface area contributed by atoms with E-state index in [2.05, 4.69) is 32.7 Å². The van der Waals surface area contributed by atoms with Crippen LogP contribution in [0.2, 0.25) is 0 Å². The van der Waals surface area contributed by atoms with E-state index < -0.39 is 0 Å². The summed E-state index contributed by atoms with van der Waals surface area (Å²) in [4.78, 5) is 2.30. The molecule has 0 bridgehead atoms. The maximum atomic E-state index is 12.6. The summed E-state index contributed by atoms with van der Waals surface area (Å²) in [6.07, 6.45) is 3.67. The summed E-state index contributed by atoms with van der Waals surface area (Å²) < 4.78 is 12.6. The molecule has 0 aromatic rings. The van der Waals surface area contributed by atoms with Crippen LogP contribution in [0, 0.1) is 5.92 Å². The molecule has 2 atom stereocenters. The summed E-state index contributed by atoms with van der Waals surface area (Å²) >= 11 is 0. The fourth-order valence-corrected chi connectivity index (χ4v) is 1.64. The Hall–Kier alpha value is -0.370. The number of halogens is 1. The molecular weight excluding hydrogens is 177 g/mol. The molecule has 1 nitrogen and oxygen atoms in total. The highest BCUT2D eigenvalue weighted by molar-refractivity contribution is 4.91. The Labute approximate surface area is 88.0 Å². The third-order valence-electron chi connectivity index (χ3n) is 3.01. The number of allylic oxidation sites excluding steroid dienone is 1. The van der Waals surface area contributed by atoms with Gasteiger partial charge in [0.05, 0.1) is 5.83 Å². The van der Waals surface area contributed by atoms with Crippen molar-refractivity contribution in [1.29, 1.82) is 0 Å². The fraction of sp³-hybridized carbons (Fsp3) is 0.833. The molecule has 0 aliphatic carbocycles. The van der Waals surface area contributed by atoms with E-state index >= 15 is 0 Å². The molecule has 0 rings (SSSR count). The van der Waals surface area contributed by atoms with E-state index in [0.29, 0.717) is 12.0 Å². The van der Waals surface area contributed by atoms with Crippen LogP contribution in [0.15, 0.2) is 11.9 Å². The predicted octanol–water partition coefficient (Wildman–Crippen LogP) is 3.62. The van der Waals surface area contributed by atoms with E-state index in [1.54, 1.807) is 6.08 Å². The molecule has 0 aromatic heterocycles. The molecule has 0 radical (unpaired) electrons. The summed E-state index contributed by atoms with van der Waals surface area (Å²) in [5.41, 5.74) is 0. The molecule has 0 saturated heterocycles. The predicted molar refractivity (Wildman–Crippen MR) is 61.0 cm³/mol. The normalized spacial score (nSPS) is 17.2. The second-order valence-corrected chi connectivity index (χ2v) is 4.05. The molecule has 0 aromatic carbocycles. The third kappa shape index (κ3) is 4.75. The minimum absolute atomic E-state index is 0.0668. The third-order valence-corrected chi connectivity index (χ3v) is 3.01. The average Bonchev–Trinajstić information content (AvgIpc) is 2.16. The molecule has 0 aliphatic heterocycles. The molecular formula is C12H24FN. The molecule has 0 saturated carbocycles. The fourth-order valence-electron chi connectivity index (χ4n) is 1.64. The lowest BCUT2D eigenvalue weighted by Gasteiger charge is -2.30. The van der Waals surface area contributed by atoms with Crippen molar-refractivity contribution in [3.63, 3.8) is 0 Å². The minimum atomic E-state index is -0.0668. The van der Waals surface area contributed by atoms with Gasteiger partial charge >= 0.3 is 0 Å². The molecule has 0 N–H and O–H groups in total. The summed E-state index contributed by atoms with van der Waals surface area (Å²) in [7, 11) is 2.11. The number of hydrogen-bond acceptors (Lipinski definition) is 1. The van der Waals surface area contributed by atoms with E-state index in [1.807, 2.05) is 0 Å². The molecule has 84 valence electrons. The first-order chi connectivity index (χ1) is 6.52. The Morgan fingerprint density at radius 1 is 1.43 bits per heavy atom. The molecule has 2 heteroatoms. The lowest BCUT2D eigenvalue weighted by atomic mass is 9.95. The smallest absolute Gasteiger partial charge is 0.0929 e. The summed E-state index contributed by atoms with van der Waals surface area (Å²) in [6.45, 7) is 9.10. The molecule has 0 heterocycles. The highest BCUT2D eigenvalue weighted by Gasteiger charge is 2.18. The van der Waals surface area contributed by atoms with Gasteiger partial charge in [-0.15, -0.1) is 0 Å². The molecule has 0 aliphatic rings. The van der Waals surface area contributed by atoms with Gasteiger partial charge in [0, 0.05) is 6.04 Å². The van der Waals surface area contributed by atoms with Crippen molar-refractivity contribution in [2.75, 3.05) is 13.6 Å². The largest absolute Gasteiger partial charge is 0.303 e. The van der Waals surface area contributed by atoms with E-state index in [9.17, 15) is 4.39 Å². The van der Waals surface area contributed by atoms with Gasteiger partial charge in [0.2, 0.25) is 0 Å². The number of nitrogens with zero attached hydrogens (tertiary/aromatic N) is 1. The standard InChI is InChI=1S/C12H24FN/c1-6-10(3)12(14(5)7-2)9-8-11(4)13/h8,10,12H,6-7,9H2,1-5H3/b11-8-. The second-order valence-electron chi connectivity index (χ2n) is 4.05. The van der Waals surface area contributed by atoms with Crippen molar-refractivity contribution in [3.8, 4) is 0 Å². The van der Waals surface area contributed by atoms with E-state index in [1.165, 1.54) is 6.92 Å². The molecule has 0 amide bonds. The quantitative estimate of drug-likeness (QED) is 0.634. The van der Waals surface area contributed by atoms with Gasteiger partial charge in [-0.05, 0) is 32.9 Å². The highest BCUT2D eigenvalue weighted by Crippen LogP contribution is 2.18. The zero-order valence-electron chi connectivity index (χ0n) is 10.2. The van der Waals surface area contributed by atoms with Crippen molar-refractivity contribution in [1.82, 2.24) is 4.90 Å². The first-order valence-corrected chi connectivity index (χ1v) is 5.55. The van der Waals surface area contributed by atoms with Crippen LogP contribution in [0.5, 0.6) is 0 Å². The van der Waals surface area contributed by atoms with Gasteiger partial charge in [0.15, 0.2) is 0 Å². The number of rotatable bonds is 6.